The first-order valence-corrected chi connectivity index (χ1v) is 5.21. The van der Waals surface area contributed by atoms with E-state index in [-0.39, 0.29) is 24.9 Å². The zero-order valence-corrected chi connectivity index (χ0v) is 9.47. The molecule has 0 amide bonds. The average molecular weight is 242 g/mol. The first kappa shape index (κ1) is 15.2. The molecule has 0 bridgehead atoms. The van der Waals surface area contributed by atoms with Gasteiger partial charge < -0.3 is 4.74 Å². The summed E-state index contributed by atoms with van der Waals surface area (Å²) in [6.07, 6.45) is -3.34. The molecule has 1 atom stereocenters. The minimum Gasteiger partial charge on any atom is -0.465 e. The van der Waals surface area contributed by atoms with E-state index < -0.39 is 13.0 Å². The number of carbonyl (C=O) groups excluding carboxylic acids is 1. The van der Waals surface area contributed by atoms with Crippen LogP contribution >= 0.6 is 0 Å². The zero-order valence-electron chi connectivity index (χ0n) is 9.47. The molecule has 96 valence electrons. The molecule has 1 unspecified atom stereocenters. The predicted molar refractivity (Wildman–Crippen MR) is 51.7 cm³/mol. The quantitative estimate of drug-likeness (QED) is 0.644. The second-order valence-corrected chi connectivity index (χ2v) is 3.62. The van der Waals surface area contributed by atoms with Gasteiger partial charge in [0.25, 0.3) is 0 Å². The van der Waals surface area contributed by atoms with E-state index in [9.17, 15) is 18.0 Å². The minimum absolute atomic E-state index is 0.136. The molecule has 0 saturated carbocycles. The van der Waals surface area contributed by atoms with Crippen LogP contribution in [0.3, 0.4) is 0 Å². The molecule has 0 rings (SSSR count). The molecule has 0 radical (unpaired) electrons. The second-order valence-electron chi connectivity index (χ2n) is 3.62. The van der Waals surface area contributed by atoms with Crippen molar-refractivity contribution in [3.8, 4) is 0 Å². The normalized spacial score (nSPS) is 13.6. The summed E-state index contributed by atoms with van der Waals surface area (Å²) in [6.45, 7) is 3.29. The van der Waals surface area contributed by atoms with Crippen LogP contribution in [0.2, 0.25) is 0 Å². The van der Waals surface area contributed by atoms with Gasteiger partial charge in [0.1, 0.15) is 0 Å². The Hall–Kier alpha value is -0.780. The average Bonchev–Trinajstić information content (AvgIpc) is 2.13. The van der Waals surface area contributed by atoms with Crippen molar-refractivity contribution < 1.29 is 27.4 Å². The van der Waals surface area contributed by atoms with Crippen LogP contribution in [0.4, 0.5) is 13.2 Å². The van der Waals surface area contributed by atoms with Crippen molar-refractivity contribution in [3.05, 3.63) is 0 Å². The van der Waals surface area contributed by atoms with Gasteiger partial charge in [-0.3, -0.25) is 9.53 Å². The fourth-order valence-electron chi connectivity index (χ4n) is 0.971. The van der Waals surface area contributed by atoms with Crippen molar-refractivity contribution in [2.45, 2.75) is 39.5 Å². The van der Waals surface area contributed by atoms with E-state index in [1.165, 1.54) is 0 Å². The van der Waals surface area contributed by atoms with Crippen molar-refractivity contribution in [2.24, 2.45) is 5.92 Å². The number of esters is 1. The van der Waals surface area contributed by atoms with Gasteiger partial charge in [0.2, 0.25) is 0 Å². The molecule has 16 heavy (non-hydrogen) atoms. The maximum Gasteiger partial charge on any atom is 0.522 e. The van der Waals surface area contributed by atoms with Crippen LogP contribution in [0.15, 0.2) is 0 Å². The summed E-state index contributed by atoms with van der Waals surface area (Å²) in [5, 5.41) is 0. The Balaban J connectivity index is 3.52. The lowest BCUT2D eigenvalue weighted by molar-refractivity contribution is -0.325. The Morgan fingerprint density at radius 1 is 1.38 bits per heavy atom. The van der Waals surface area contributed by atoms with Crippen LogP contribution in [-0.4, -0.2) is 25.5 Å². The van der Waals surface area contributed by atoms with Crippen LogP contribution in [0, 0.1) is 5.92 Å². The maximum atomic E-state index is 11.6. The van der Waals surface area contributed by atoms with Crippen molar-refractivity contribution >= 4 is 5.97 Å². The maximum absolute atomic E-state index is 11.6. The second kappa shape index (κ2) is 7.49. The van der Waals surface area contributed by atoms with Gasteiger partial charge >= 0.3 is 12.3 Å². The first-order chi connectivity index (χ1) is 7.35. The van der Waals surface area contributed by atoms with E-state index in [0.29, 0.717) is 12.8 Å². The van der Waals surface area contributed by atoms with Gasteiger partial charge in [-0.2, -0.15) is 0 Å². The van der Waals surface area contributed by atoms with Gasteiger partial charge in [-0.05, 0) is 18.8 Å². The van der Waals surface area contributed by atoms with Gasteiger partial charge in [-0.15, -0.1) is 13.2 Å². The fourth-order valence-corrected chi connectivity index (χ4v) is 0.971. The van der Waals surface area contributed by atoms with Crippen LogP contribution in [0.5, 0.6) is 0 Å². The van der Waals surface area contributed by atoms with Gasteiger partial charge in [0.15, 0.2) is 0 Å². The molecule has 0 aliphatic heterocycles. The summed E-state index contributed by atoms with van der Waals surface area (Å²) in [5.41, 5.74) is 0. The molecule has 0 aliphatic carbocycles. The Morgan fingerprint density at radius 3 is 2.50 bits per heavy atom. The molecule has 0 aromatic rings. The molecule has 0 aromatic heterocycles. The highest BCUT2D eigenvalue weighted by Crippen LogP contribution is 2.17. The molecule has 6 heteroatoms. The summed E-state index contributed by atoms with van der Waals surface area (Å²) in [5.74, 6) is -0.450. The van der Waals surface area contributed by atoms with Gasteiger partial charge in [-0.1, -0.05) is 13.8 Å². The topological polar surface area (TPSA) is 35.5 Å². The minimum atomic E-state index is -4.58. The summed E-state index contributed by atoms with van der Waals surface area (Å²) in [4.78, 5) is 10.9. The predicted octanol–water partition coefficient (Wildman–Crippen LogP) is 2.89. The number of hydrogen-bond acceptors (Lipinski definition) is 3. The third kappa shape index (κ3) is 9.76. The molecule has 0 aliphatic rings. The van der Waals surface area contributed by atoms with E-state index in [0.717, 1.165) is 0 Å². The number of halogens is 3. The van der Waals surface area contributed by atoms with Gasteiger partial charge in [0.05, 0.1) is 13.2 Å². The Labute approximate surface area is 92.9 Å². The third-order valence-corrected chi connectivity index (χ3v) is 1.86. The highest BCUT2D eigenvalue weighted by atomic mass is 19.4. The number of rotatable bonds is 7. The lowest BCUT2D eigenvalue weighted by Crippen LogP contribution is -2.18. The van der Waals surface area contributed by atoms with Crippen molar-refractivity contribution in [3.63, 3.8) is 0 Å². The molecule has 0 aromatic carbocycles. The molecule has 3 nitrogen and oxygen atoms in total. The lowest BCUT2D eigenvalue weighted by atomic mass is 10.1. The highest BCUT2D eigenvalue weighted by molar-refractivity contribution is 5.69. The molecule has 0 heterocycles. The van der Waals surface area contributed by atoms with Crippen molar-refractivity contribution in [2.75, 3.05) is 13.2 Å². The first-order valence-electron chi connectivity index (χ1n) is 5.21. The number of hydrogen-bond donors (Lipinski definition) is 0. The SMILES string of the molecule is CCCC(=O)OCC(C)CCOC(F)(F)F. The summed E-state index contributed by atoms with van der Waals surface area (Å²) < 4.78 is 43.3. The largest absolute Gasteiger partial charge is 0.522 e. The Bertz CT molecular complexity index is 204. The van der Waals surface area contributed by atoms with E-state index in [1.54, 1.807) is 6.92 Å². The van der Waals surface area contributed by atoms with E-state index in [2.05, 4.69) is 4.74 Å². The van der Waals surface area contributed by atoms with E-state index in [4.69, 9.17) is 4.74 Å². The Kier molecular flexibility index (Phi) is 7.12. The standard InChI is InChI=1S/C10H17F3O3/c1-3-4-9(14)15-7-8(2)5-6-16-10(11,12)13/h8H,3-7H2,1-2H3. The van der Waals surface area contributed by atoms with Crippen molar-refractivity contribution in [1.82, 2.24) is 0 Å². The third-order valence-electron chi connectivity index (χ3n) is 1.86. The number of ether oxygens (including phenoxy) is 2. The molecule has 0 N–H and O–H groups in total. The van der Waals surface area contributed by atoms with E-state index in [1.807, 2.05) is 6.92 Å². The summed E-state index contributed by atoms with van der Waals surface area (Å²) >= 11 is 0. The fraction of sp³-hybridized carbons (Fsp3) is 0.900. The monoisotopic (exact) mass is 242 g/mol. The zero-order chi connectivity index (χ0) is 12.6. The Morgan fingerprint density at radius 2 is 2.00 bits per heavy atom. The highest BCUT2D eigenvalue weighted by Gasteiger charge is 2.28. The molecular formula is C10H17F3O3. The van der Waals surface area contributed by atoms with Crippen molar-refractivity contribution in [1.29, 1.82) is 0 Å². The smallest absolute Gasteiger partial charge is 0.465 e. The van der Waals surface area contributed by atoms with Crippen LogP contribution in [0.25, 0.3) is 0 Å². The van der Waals surface area contributed by atoms with Gasteiger partial charge in [-0.25, -0.2) is 0 Å². The van der Waals surface area contributed by atoms with E-state index >= 15 is 0 Å². The summed E-state index contributed by atoms with van der Waals surface area (Å²) in [6, 6.07) is 0. The molecule has 0 fully saturated rings. The molecule has 0 spiro atoms. The molecule has 0 saturated heterocycles. The summed E-state index contributed by atoms with van der Waals surface area (Å²) in [7, 11) is 0. The number of carbonyl (C=O) groups is 1. The lowest BCUT2D eigenvalue weighted by Gasteiger charge is -2.13. The number of alkyl halides is 3. The van der Waals surface area contributed by atoms with Gasteiger partial charge in [0, 0.05) is 6.42 Å². The molecular weight excluding hydrogens is 225 g/mol. The van der Waals surface area contributed by atoms with Crippen LogP contribution in [-0.2, 0) is 14.3 Å². The van der Waals surface area contributed by atoms with Crippen LogP contribution < -0.4 is 0 Å². The van der Waals surface area contributed by atoms with Crippen LogP contribution in [0.1, 0.15) is 33.1 Å².